The van der Waals surface area contributed by atoms with E-state index in [1.54, 1.807) is 54.6 Å². The SMILES string of the molecule is N#Cc1ccc(-c2nnc(-c3cc(F)cc(F)c3F)n2-c2ccccc2)cc1. The van der Waals surface area contributed by atoms with Gasteiger partial charge >= 0.3 is 0 Å². The smallest absolute Gasteiger partial charge is 0.172 e. The number of halogens is 3. The highest BCUT2D eigenvalue weighted by atomic mass is 19.2. The molecule has 0 amide bonds. The molecule has 4 aromatic rings. The Kier molecular flexibility index (Phi) is 4.38. The molecule has 0 N–H and O–H groups in total. The number of benzene rings is 3. The molecule has 136 valence electrons. The van der Waals surface area contributed by atoms with Gasteiger partial charge in [0.25, 0.3) is 0 Å². The van der Waals surface area contributed by atoms with Gasteiger partial charge in [0.15, 0.2) is 23.3 Å². The molecule has 0 aliphatic carbocycles. The predicted octanol–water partition coefficient (Wildman–Crippen LogP) is 4.89. The highest BCUT2D eigenvalue weighted by Gasteiger charge is 2.22. The molecule has 0 fully saturated rings. The van der Waals surface area contributed by atoms with E-state index in [0.29, 0.717) is 28.7 Å². The van der Waals surface area contributed by atoms with Crippen LogP contribution >= 0.6 is 0 Å². The summed E-state index contributed by atoms with van der Waals surface area (Å²) in [4.78, 5) is 0. The monoisotopic (exact) mass is 376 g/mol. The van der Waals surface area contributed by atoms with Crippen LogP contribution in [0.15, 0.2) is 66.7 Å². The number of hydrogen-bond donors (Lipinski definition) is 0. The Bertz CT molecular complexity index is 1190. The Morgan fingerprint density at radius 1 is 0.821 bits per heavy atom. The zero-order valence-corrected chi connectivity index (χ0v) is 14.3. The van der Waals surface area contributed by atoms with Crippen LogP contribution in [0.25, 0.3) is 28.5 Å². The van der Waals surface area contributed by atoms with Gasteiger partial charge in [-0.25, -0.2) is 13.2 Å². The van der Waals surface area contributed by atoms with Crippen LogP contribution in [-0.2, 0) is 0 Å². The van der Waals surface area contributed by atoms with Gasteiger partial charge in [-0.05, 0) is 42.5 Å². The van der Waals surface area contributed by atoms with Gasteiger partial charge in [-0.1, -0.05) is 18.2 Å². The number of nitrogens with zero attached hydrogens (tertiary/aromatic N) is 4. The van der Waals surface area contributed by atoms with E-state index in [-0.39, 0.29) is 11.4 Å². The van der Waals surface area contributed by atoms with Crippen LogP contribution in [0.2, 0.25) is 0 Å². The van der Waals surface area contributed by atoms with Gasteiger partial charge in [0, 0.05) is 17.3 Å². The maximum Gasteiger partial charge on any atom is 0.172 e. The van der Waals surface area contributed by atoms with E-state index >= 15 is 0 Å². The summed E-state index contributed by atoms with van der Waals surface area (Å²) in [5.41, 5.74) is 1.33. The molecule has 28 heavy (non-hydrogen) atoms. The molecule has 3 aromatic carbocycles. The molecule has 1 heterocycles. The highest BCUT2D eigenvalue weighted by Crippen LogP contribution is 2.31. The lowest BCUT2D eigenvalue weighted by Gasteiger charge is -2.11. The van der Waals surface area contributed by atoms with Gasteiger partial charge in [0.05, 0.1) is 17.2 Å². The lowest BCUT2D eigenvalue weighted by molar-refractivity contribution is 0.497. The minimum absolute atomic E-state index is 0.0403. The maximum absolute atomic E-state index is 14.4. The summed E-state index contributed by atoms with van der Waals surface area (Å²) in [6.45, 7) is 0. The summed E-state index contributed by atoms with van der Waals surface area (Å²) in [7, 11) is 0. The van der Waals surface area contributed by atoms with E-state index in [0.717, 1.165) is 6.07 Å². The summed E-state index contributed by atoms with van der Waals surface area (Å²) in [6.07, 6.45) is 0. The summed E-state index contributed by atoms with van der Waals surface area (Å²) in [5, 5.41) is 17.1. The largest absolute Gasteiger partial charge is 0.275 e. The third-order valence-electron chi connectivity index (χ3n) is 4.18. The average molecular weight is 376 g/mol. The molecule has 0 unspecified atom stereocenters. The van der Waals surface area contributed by atoms with E-state index in [9.17, 15) is 13.2 Å². The number of nitriles is 1. The van der Waals surface area contributed by atoms with Crippen LogP contribution in [0.3, 0.4) is 0 Å². The van der Waals surface area contributed by atoms with Crippen molar-refractivity contribution in [3.63, 3.8) is 0 Å². The first-order valence-corrected chi connectivity index (χ1v) is 8.25. The topological polar surface area (TPSA) is 54.5 Å². The number of rotatable bonds is 3. The quantitative estimate of drug-likeness (QED) is 0.479. The fourth-order valence-electron chi connectivity index (χ4n) is 2.88. The van der Waals surface area contributed by atoms with Gasteiger partial charge in [-0.3, -0.25) is 4.57 Å². The van der Waals surface area contributed by atoms with Crippen molar-refractivity contribution in [2.75, 3.05) is 0 Å². The second kappa shape index (κ2) is 7.00. The third kappa shape index (κ3) is 3.01. The van der Waals surface area contributed by atoms with Crippen molar-refractivity contribution in [1.29, 1.82) is 5.26 Å². The molecule has 0 spiro atoms. The first-order chi connectivity index (χ1) is 13.6. The Hall–Kier alpha value is -3.92. The van der Waals surface area contributed by atoms with Gasteiger partial charge in [0.2, 0.25) is 0 Å². The fourth-order valence-corrected chi connectivity index (χ4v) is 2.88. The second-order valence-electron chi connectivity index (χ2n) is 5.96. The number of hydrogen-bond acceptors (Lipinski definition) is 3. The van der Waals surface area contributed by atoms with Crippen LogP contribution in [0.1, 0.15) is 5.56 Å². The zero-order chi connectivity index (χ0) is 19.7. The Labute approximate surface area is 158 Å². The first kappa shape index (κ1) is 17.5. The summed E-state index contributed by atoms with van der Waals surface area (Å²) in [6, 6.07) is 18.8. The summed E-state index contributed by atoms with van der Waals surface area (Å²) >= 11 is 0. The van der Waals surface area contributed by atoms with Gasteiger partial charge in [-0.2, -0.15) is 5.26 Å². The second-order valence-corrected chi connectivity index (χ2v) is 5.96. The van der Waals surface area contributed by atoms with Crippen LogP contribution in [0, 0.1) is 28.8 Å². The van der Waals surface area contributed by atoms with Crippen molar-refractivity contribution >= 4 is 0 Å². The van der Waals surface area contributed by atoms with Crippen LogP contribution in [0.5, 0.6) is 0 Å². The van der Waals surface area contributed by atoms with Crippen LogP contribution < -0.4 is 0 Å². The molecule has 7 heteroatoms. The van der Waals surface area contributed by atoms with Crippen molar-refractivity contribution in [2.24, 2.45) is 0 Å². The Morgan fingerprint density at radius 2 is 1.50 bits per heavy atom. The van der Waals surface area contributed by atoms with Crippen LogP contribution in [-0.4, -0.2) is 14.8 Å². The lowest BCUT2D eigenvalue weighted by atomic mass is 10.1. The molecule has 1 aromatic heterocycles. The molecular weight excluding hydrogens is 365 g/mol. The molecule has 0 saturated carbocycles. The van der Waals surface area contributed by atoms with Crippen molar-refractivity contribution in [2.45, 2.75) is 0 Å². The van der Waals surface area contributed by atoms with E-state index in [2.05, 4.69) is 10.2 Å². The molecule has 0 radical (unpaired) electrons. The fraction of sp³-hybridized carbons (Fsp3) is 0. The van der Waals surface area contributed by atoms with Crippen molar-refractivity contribution < 1.29 is 13.2 Å². The maximum atomic E-state index is 14.4. The minimum Gasteiger partial charge on any atom is -0.275 e. The summed E-state index contributed by atoms with van der Waals surface area (Å²) in [5.74, 6) is -3.14. The standard InChI is InChI=1S/C21H11F3N4/c22-15-10-17(19(24)18(23)11-15)21-27-26-20(14-8-6-13(12-25)7-9-14)28(21)16-4-2-1-3-5-16/h1-11H. The van der Waals surface area contributed by atoms with Gasteiger partial charge < -0.3 is 0 Å². The zero-order valence-electron chi connectivity index (χ0n) is 14.3. The molecule has 0 aliphatic rings. The van der Waals surface area contributed by atoms with Crippen molar-refractivity contribution in [3.8, 4) is 34.5 Å². The lowest BCUT2D eigenvalue weighted by Crippen LogP contribution is -2.03. The molecule has 0 bridgehead atoms. The molecule has 0 atom stereocenters. The van der Waals surface area contributed by atoms with E-state index in [4.69, 9.17) is 5.26 Å². The van der Waals surface area contributed by atoms with Gasteiger partial charge in [-0.15, -0.1) is 10.2 Å². The summed E-state index contributed by atoms with van der Waals surface area (Å²) < 4.78 is 43.4. The highest BCUT2D eigenvalue weighted by molar-refractivity contribution is 5.67. The van der Waals surface area contributed by atoms with E-state index in [1.807, 2.05) is 6.07 Å². The van der Waals surface area contributed by atoms with Crippen molar-refractivity contribution in [1.82, 2.24) is 14.8 Å². The molecule has 4 nitrogen and oxygen atoms in total. The number of aromatic nitrogens is 3. The predicted molar refractivity (Wildman–Crippen MR) is 96.8 cm³/mol. The normalized spacial score (nSPS) is 10.6. The first-order valence-electron chi connectivity index (χ1n) is 8.25. The molecule has 0 aliphatic heterocycles. The van der Waals surface area contributed by atoms with Crippen LogP contribution in [0.4, 0.5) is 13.2 Å². The van der Waals surface area contributed by atoms with E-state index in [1.165, 1.54) is 4.57 Å². The van der Waals surface area contributed by atoms with Crippen molar-refractivity contribution in [3.05, 3.63) is 89.7 Å². The number of para-hydroxylation sites is 1. The molecule has 0 saturated heterocycles. The van der Waals surface area contributed by atoms with Gasteiger partial charge in [0.1, 0.15) is 5.82 Å². The van der Waals surface area contributed by atoms with E-state index < -0.39 is 17.5 Å². The average Bonchev–Trinajstić information content (AvgIpc) is 3.16. The third-order valence-corrected chi connectivity index (χ3v) is 4.18. The minimum atomic E-state index is -1.31. The molecule has 4 rings (SSSR count). The Morgan fingerprint density at radius 3 is 2.18 bits per heavy atom. The molecular formula is C21H11F3N4. The Balaban J connectivity index is 1.99.